The van der Waals surface area contributed by atoms with E-state index in [1.807, 2.05) is 13.3 Å². The topological polar surface area (TPSA) is 28.6 Å². The van der Waals surface area contributed by atoms with Crippen molar-refractivity contribution in [1.82, 2.24) is 4.98 Å². The Bertz CT molecular complexity index is 509. The molecule has 0 saturated carbocycles. The van der Waals surface area contributed by atoms with Crippen molar-refractivity contribution >= 4 is 11.5 Å². The standard InChI is InChI=1S/C18H29N3O/c1-13(2)21-12-6-14(3)17-16(21)5-9-19-18(17)20-10-7-15(22-4)8-11-20/h5,9,13-15H,6-8,10-12H2,1-4H3. The molecule has 0 radical (unpaired) electrons. The maximum absolute atomic E-state index is 5.50. The van der Waals surface area contributed by atoms with Crippen LogP contribution in [0.25, 0.3) is 0 Å². The third-order valence-corrected chi connectivity index (χ3v) is 5.25. The van der Waals surface area contributed by atoms with Crippen molar-refractivity contribution in [2.24, 2.45) is 0 Å². The quantitative estimate of drug-likeness (QED) is 0.855. The largest absolute Gasteiger partial charge is 0.381 e. The minimum Gasteiger partial charge on any atom is -0.381 e. The summed E-state index contributed by atoms with van der Waals surface area (Å²) in [7, 11) is 1.82. The number of pyridine rings is 1. The lowest BCUT2D eigenvalue weighted by molar-refractivity contribution is 0.0817. The molecule has 0 spiro atoms. The van der Waals surface area contributed by atoms with Crippen LogP contribution in [-0.4, -0.2) is 43.9 Å². The van der Waals surface area contributed by atoms with E-state index in [0.29, 0.717) is 18.1 Å². The van der Waals surface area contributed by atoms with Gasteiger partial charge in [-0.2, -0.15) is 0 Å². The first-order chi connectivity index (χ1) is 10.6. The number of anilines is 2. The van der Waals surface area contributed by atoms with Crippen molar-refractivity contribution in [3.8, 4) is 0 Å². The first kappa shape index (κ1) is 15.6. The van der Waals surface area contributed by atoms with E-state index in [9.17, 15) is 0 Å². The number of aromatic nitrogens is 1. The predicted molar refractivity (Wildman–Crippen MR) is 92.0 cm³/mol. The zero-order chi connectivity index (χ0) is 15.7. The number of hydrogen-bond donors (Lipinski definition) is 0. The van der Waals surface area contributed by atoms with E-state index in [-0.39, 0.29) is 0 Å². The number of hydrogen-bond acceptors (Lipinski definition) is 4. The summed E-state index contributed by atoms with van der Waals surface area (Å²) in [4.78, 5) is 9.77. The fraction of sp³-hybridized carbons (Fsp3) is 0.722. The molecule has 22 heavy (non-hydrogen) atoms. The van der Waals surface area contributed by atoms with Crippen molar-refractivity contribution in [1.29, 1.82) is 0 Å². The molecule has 0 bridgehead atoms. The van der Waals surface area contributed by atoms with E-state index in [1.54, 1.807) is 0 Å². The van der Waals surface area contributed by atoms with Crippen molar-refractivity contribution in [2.75, 3.05) is 36.5 Å². The molecule has 0 N–H and O–H groups in total. The second-order valence-electron chi connectivity index (χ2n) is 6.97. The summed E-state index contributed by atoms with van der Waals surface area (Å²) in [5, 5.41) is 0. The van der Waals surface area contributed by atoms with E-state index in [4.69, 9.17) is 9.72 Å². The first-order valence-corrected chi connectivity index (χ1v) is 8.65. The Kier molecular flexibility index (Phi) is 4.57. The van der Waals surface area contributed by atoms with Gasteiger partial charge in [0.15, 0.2) is 0 Å². The van der Waals surface area contributed by atoms with Crippen LogP contribution in [0.2, 0.25) is 0 Å². The van der Waals surface area contributed by atoms with Gasteiger partial charge in [-0.25, -0.2) is 4.98 Å². The number of rotatable bonds is 3. The van der Waals surface area contributed by atoms with Crippen molar-refractivity contribution in [3.05, 3.63) is 17.8 Å². The van der Waals surface area contributed by atoms with E-state index in [1.165, 1.54) is 23.5 Å². The summed E-state index contributed by atoms with van der Waals surface area (Å²) in [5.41, 5.74) is 2.85. The highest BCUT2D eigenvalue weighted by molar-refractivity contribution is 5.67. The molecule has 4 nitrogen and oxygen atoms in total. The number of ether oxygens (including phenoxy) is 1. The molecule has 1 saturated heterocycles. The Hall–Kier alpha value is -1.29. The molecule has 3 rings (SSSR count). The van der Waals surface area contributed by atoms with Gasteiger partial charge in [0.1, 0.15) is 5.82 Å². The van der Waals surface area contributed by atoms with Crippen LogP contribution in [0.5, 0.6) is 0 Å². The Morgan fingerprint density at radius 2 is 1.91 bits per heavy atom. The molecule has 1 unspecified atom stereocenters. The van der Waals surface area contributed by atoms with E-state index < -0.39 is 0 Å². The maximum Gasteiger partial charge on any atom is 0.134 e. The Morgan fingerprint density at radius 1 is 1.18 bits per heavy atom. The second kappa shape index (κ2) is 6.45. The number of methoxy groups -OCH3 is 1. The second-order valence-corrected chi connectivity index (χ2v) is 6.97. The third kappa shape index (κ3) is 2.81. The molecule has 122 valence electrons. The predicted octanol–water partition coefficient (Wildman–Crippen LogP) is 3.42. The molecule has 1 atom stereocenters. The van der Waals surface area contributed by atoms with Gasteiger partial charge in [0.05, 0.1) is 6.10 Å². The Morgan fingerprint density at radius 3 is 2.55 bits per heavy atom. The van der Waals surface area contributed by atoms with Crippen molar-refractivity contribution < 1.29 is 4.74 Å². The SMILES string of the molecule is COC1CCN(c2nccc3c2C(C)CCN3C(C)C)CC1. The summed E-state index contributed by atoms with van der Waals surface area (Å²) < 4.78 is 5.50. The zero-order valence-electron chi connectivity index (χ0n) is 14.4. The Balaban J connectivity index is 1.91. The van der Waals surface area contributed by atoms with Crippen LogP contribution in [0.15, 0.2) is 12.3 Å². The van der Waals surface area contributed by atoms with Crippen LogP contribution in [0, 0.1) is 0 Å². The molecular weight excluding hydrogens is 274 g/mol. The van der Waals surface area contributed by atoms with Crippen LogP contribution in [0.3, 0.4) is 0 Å². The average molecular weight is 303 g/mol. The minimum atomic E-state index is 0.417. The fourth-order valence-corrected chi connectivity index (χ4v) is 3.86. The van der Waals surface area contributed by atoms with Gasteiger partial charge in [0, 0.05) is 50.2 Å². The molecule has 0 aliphatic carbocycles. The van der Waals surface area contributed by atoms with Crippen LogP contribution in [0.4, 0.5) is 11.5 Å². The van der Waals surface area contributed by atoms with Gasteiger partial charge in [0.25, 0.3) is 0 Å². The fourth-order valence-electron chi connectivity index (χ4n) is 3.86. The monoisotopic (exact) mass is 303 g/mol. The van der Waals surface area contributed by atoms with Crippen LogP contribution in [0.1, 0.15) is 51.5 Å². The minimum absolute atomic E-state index is 0.417. The third-order valence-electron chi connectivity index (χ3n) is 5.25. The van der Waals surface area contributed by atoms with Gasteiger partial charge in [-0.1, -0.05) is 6.92 Å². The van der Waals surface area contributed by atoms with Gasteiger partial charge in [-0.15, -0.1) is 0 Å². The lowest BCUT2D eigenvalue weighted by Crippen LogP contribution is -2.40. The summed E-state index contributed by atoms with van der Waals surface area (Å²) in [6, 6.07) is 2.75. The highest BCUT2D eigenvalue weighted by Crippen LogP contribution is 2.41. The average Bonchev–Trinajstić information content (AvgIpc) is 2.54. The first-order valence-electron chi connectivity index (χ1n) is 8.65. The molecule has 0 amide bonds. The lowest BCUT2D eigenvalue weighted by atomic mass is 9.90. The zero-order valence-corrected chi connectivity index (χ0v) is 14.4. The molecule has 4 heteroatoms. The van der Waals surface area contributed by atoms with Gasteiger partial charge in [-0.3, -0.25) is 0 Å². The lowest BCUT2D eigenvalue weighted by Gasteiger charge is -2.40. The number of piperidine rings is 1. The van der Waals surface area contributed by atoms with Crippen LogP contribution in [-0.2, 0) is 4.74 Å². The molecule has 0 aromatic carbocycles. The summed E-state index contributed by atoms with van der Waals surface area (Å²) >= 11 is 0. The maximum atomic E-state index is 5.50. The van der Waals surface area contributed by atoms with Gasteiger partial charge >= 0.3 is 0 Å². The molecule has 2 aliphatic rings. The normalized spacial score (nSPS) is 23.0. The van der Waals surface area contributed by atoms with E-state index in [2.05, 4.69) is 36.6 Å². The van der Waals surface area contributed by atoms with E-state index >= 15 is 0 Å². The highest BCUT2D eigenvalue weighted by Gasteiger charge is 2.30. The van der Waals surface area contributed by atoms with Crippen LogP contribution < -0.4 is 9.80 Å². The molecule has 2 aliphatic heterocycles. The van der Waals surface area contributed by atoms with Crippen LogP contribution >= 0.6 is 0 Å². The molecule has 1 aromatic heterocycles. The highest BCUT2D eigenvalue weighted by atomic mass is 16.5. The van der Waals surface area contributed by atoms with Gasteiger partial charge in [0.2, 0.25) is 0 Å². The number of fused-ring (bicyclic) bond motifs is 1. The Labute approximate surface area is 134 Å². The van der Waals surface area contributed by atoms with Gasteiger partial charge in [-0.05, 0) is 45.1 Å². The summed E-state index contributed by atoms with van der Waals surface area (Å²) in [6.45, 7) is 10.2. The van der Waals surface area contributed by atoms with Crippen molar-refractivity contribution in [3.63, 3.8) is 0 Å². The number of nitrogens with zero attached hydrogens (tertiary/aromatic N) is 3. The van der Waals surface area contributed by atoms with Gasteiger partial charge < -0.3 is 14.5 Å². The smallest absolute Gasteiger partial charge is 0.134 e. The molecular formula is C18H29N3O. The summed E-state index contributed by atoms with van der Waals surface area (Å²) in [5.74, 6) is 1.80. The van der Waals surface area contributed by atoms with Crippen molar-refractivity contribution in [2.45, 2.75) is 58.1 Å². The summed E-state index contributed by atoms with van der Waals surface area (Å²) in [6.07, 6.45) is 5.83. The molecule has 1 fully saturated rings. The van der Waals surface area contributed by atoms with E-state index in [0.717, 1.165) is 32.5 Å². The molecule has 1 aromatic rings. The molecule has 3 heterocycles.